The number of carbonyl (C=O) groups is 1. The summed E-state index contributed by atoms with van der Waals surface area (Å²) < 4.78 is 0. The van der Waals surface area contributed by atoms with Crippen molar-refractivity contribution in [3.05, 3.63) is 53.2 Å². The van der Waals surface area contributed by atoms with Gasteiger partial charge < -0.3 is 14.7 Å². The Morgan fingerprint density at radius 1 is 0.964 bits per heavy atom. The molecule has 1 amide bonds. The van der Waals surface area contributed by atoms with E-state index in [0.29, 0.717) is 6.42 Å². The monoisotopic (exact) mass is 398 g/mol. The van der Waals surface area contributed by atoms with Gasteiger partial charge in [-0.25, -0.2) is 4.98 Å². The summed E-state index contributed by atoms with van der Waals surface area (Å²) in [7, 11) is 0. The van der Waals surface area contributed by atoms with Crippen molar-refractivity contribution < 1.29 is 4.79 Å². The highest BCUT2D eigenvalue weighted by atomic mass is 35.5. The summed E-state index contributed by atoms with van der Waals surface area (Å²) in [6.07, 6.45) is 5.69. The van der Waals surface area contributed by atoms with E-state index in [1.54, 1.807) is 0 Å². The van der Waals surface area contributed by atoms with Crippen molar-refractivity contribution in [3.8, 4) is 0 Å². The van der Waals surface area contributed by atoms with Crippen LogP contribution in [0.3, 0.4) is 0 Å². The molecule has 0 N–H and O–H groups in total. The van der Waals surface area contributed by atoms with Crippen LogP contribution in [-0.2, 0) is 11.2 Å². The quantitative estimate of drug-likeness (QED) is 0.771. The third-order valence-corrected chi connectivity index (χ3v) is 5.91. The van der Waals surface area contributed by atoms with Gasteiger partial charge in [0.05, 0.1) is 0 Å². The van der Waals surface area contributed by atoms with Gasteiger partial charge in [0.2, 0.25) is 5.91 Å². The van der Waals surface area contributed by atoms with Crippen LogP contribution in [0.1, 0.15) is 24.8 Å². The van der Waals surface area contributed by atoms with E-state index in [1.165, 1.54) is 18.4 Å². The molecule has 1 aromatic carbocycles. The standard InChI is InChI=1S/C22H27ClN4O/c23-19-4-3-5-20(17-19)25-12-14-27(15-13-25)22(28)7-6-18-8-9-24-21(16-18)26-10-1-2-11-26/h3-5,8-9,16-17H,1-2,6-7,10-15H2. The Bertz CT molecular complexity index is 814. The second kappa shape index (κ2) is 8.82. The predicted octanol–water partition coefficient (Wildman–Crippen LogP) is 3.62. The molecule has 6 heteroatoms. The fourth-order valence-electron chi connectivity index (χ4n) is 4.03. The molecule has 28 heavy (non-hydrogen) atoms. The average molecular weight is 399 g/mol. The van der Waals surface area contributed by atoms with Crippen molar-refractivity contribution in [2.24, 2.45) is 0 Å². The maximum atomic E-state index is 12.7. The summed E-state index contributed by atoms with van der Waals surface area (Å²) in [6.45, 7) is 5.40. The van der Waals surface area contributed by atoms with Gasteiger partial charge in [0, 0.05) is 62.6 Å². The lowest BCUT2D eigenvalue weighted by molar-refractivity contribution is -0.131. The van der Waals surface area contributed by atoms with Crippen LogP contribution < -0.4 is 9.80 Å². The SMILES string of the molecule is O=C(CCc1ccnc(N2CCCC2)c1)N1CCN(c2cccc(Cl)c2)CC1. The smallest absolute Gasteiger partial charge is 0.223 e. The molecule has 0 aliphatic carbocycles. The van der Waals surface area contributed by atoms with Crippen molar-refractivity contribution in [2.75, 3.05) is 49.1 Å². The number of benzene rings is 1. The first-order valence-electron chi connectivity index (χ1n) is 10.2. The van der Waals surface area contributed by atoms with E-state index < -0.39 is 0 Å². The number of aromatic nitrogens is 1. The highest BCUT2D eigenvalue weighted by Gasteiger charge is 2.21. The molecule has 0 radical (unpaired) electrons. The Morgan fingerprint density at radius 3 is 2.50 bits per heavy atom. The summed E-state index contributed by atoms with van der Waals surface area (Å²) in [5, 5.41) is 0.752. The molecule has 2 aliphatic heterocycles. The van der Waals surface area contributed by atoms with Crippen molar-refractivity contribution in [1.29, 1.82) is 0 Å². The Balaban J connectivity index is 1.27. The van der Waals surface area contributed by atoms with Crippen LogP contribution in [-0.4, -0.2) is 55.1 Å². The molecule has 0 unspecified atom stereocenters. The van der Waals surface area contributed by atoms with Gasteiger partial charge in [-0.1, -0.05) is 17.7 Å². The second-order valence-corrected chi connectivity index (χ2v) is 8.00. The van der Waals surface area contributed by atoms with Crippen LogP contribution in [0.5, 0.6) is 0 Å². The van der Waals surface area contributed by atoms with Crippen molar-refractivity contribution >= 4 is 29.0 Å². The van der Waals surface area contributed by atoms with Gasteiger partial charge >= 0.3 is 0 Å². The Morgan fingerprint density at radius 2 is 1.75 bits per heavy atom. The van der Waals surface area contributed by atoms with Gasteiger partial charge in [0.15, 0.2) is 0 Å². The van der Waals surface area contributed by atoms with Gasteiger partial charge in [-0.05, 0) is 55.2 Å². The number of carbonyl (C=O) groups excluding carboxylic acids is 1. The third kappa shape index (κ3) is 4.58. The predicted molar refractivity (Wildman–Crippen MR) is 114 cm³/mol. The molecule has 0 saturated carbocycles. The largest absolute Gasteiger partial charge is 0.368 e. The summed E-state index contributed by atoms with van der Waals surface area (Å²) >= 11 is 6.10. The molecule has 148 valence electrons. The zero-order chi connectivity index (χ0) is 19.3. The number of rotatable bonds is 5. The highest BCUT2D eigenvalue weighted by Crippen LogP contribution is 2.22. The number of hydrogen-bond donors (Lipinski definition) is 0. The average Bonchev–Trinajstić information content (AvgIpc) is 3.27. The van der Waals surface area contributed by atoms with Crippen LogP contribution >= 0.6 is 11.6 Å². The third-order valence-electron chi connectivity index (χ3n) is 5.67. The van der Waals surface area contributed by atoms with E-state index in [-0.39, 0.29) is 5.91 Å². The number of nitrogens with zero attached hydrogens (tertiary/aromatic N) is 4. The maximum Gasteiger partial charge on any atom is 0.223 e. The van der Waals surface area contributed by atoms with E-state index in [4.69, 9.17) is 11.6 Å². The zero-order valence-electron chi connectivity index (χ0n) is 16.2. The number of halogens is 1. The van der Waals surface area contributed by atoms with Crippen molar-refractivity contribution in [1.82, 2.24) is 9.88 Å². The zero-order valence-corrected chi connectivity index (χ0v) is 16.9. The Kier molecular flexibility index (Phi) is 6.01. The molecular formula is C22H27ClN4O. The van der Waals surface area contributed by atoms with E-state index in [1.807, 2.05) is 35.4 Å². The molecule has 5 nitrogen and oxygen atoms in total. The molecular weight excluding hydrogens is 372 g/mol. The van der Waals surface area contributed by atoms with Crippen LogP contribution in [0, 0.1) is 0 Å². The molecule has 1 aromatic heterocycles. The van der Waals surface area contributed by atoms with Crippen molar-refractivity contribution in [2.45, 2.75) is 25.7 Å². The first-order chi connectivity index (χ1) is 13.7. The van der Waals surface area contributed by atoms with E-state index in [2.05, 4.69) is 26.9 Å². The maximum absolute atomic E-state index is 12.7. The van der Waals surface area contributed by atoms with Gasteiger partial charge in [-0.2, -0.15) is 0 Å². The summed E-state index contributed by atoms with van der Waals surface area (Å²) in [4.78, 5) is 23.8. The Hall–Kier alpha value is -2.27. The Labute approximate surface area is 171 Å². The number of aryl methyl sites for hydroxylation is 1. The lowest BCUT2D eigenvalue weighted by Gasteiger charge is -2.36. The molecule has 4 rings (SSSR count). The van der Waals surface area contributed by atoms with Gasteiger partial charge in [-0.3, -0.25) is 4.79 Å². The molecule has 2 saturated heterocycles. The first kappa shape index (κ1) is 19.1. The lowest BCUT2D eigenvalue weighted by Crippen LogP contribution is -2.48. The highest BCUT2D eigenvalue weighted by molar-refractivity contribution is 6.30. The molecule has 0 spiro atoms. The van der Waals surface area contributed by atoms with Gasteiger partial charge in [-0.15, -0.1) is 0 Å². The number of anilines is 2. The minimum Gasteiger partial charge on any atom is -0.368 e. The fraction of sp³-hybridized carbons (Fsp3) is 0.455. The summed E-state index contributed by atoms with van der Waals surface area (Å²) in [5.41, 5.74) is 2.33. The van der Waals surface area contributed by atoms with Crippen LogP contribution in [0.25, 0.3) is 0 Å². The van der Waals surface area contributed by atoms with Crippen LogP contribution in [0.4, 0.5) is 11.5 Å². The van der Waals surface area contributed by atoms with Crippen molar-refractivity contribution in [3.63, 3.8) is 0 Å². The number of pyridine rings is 1. The minimum absolute atomic E-state index is 0.241. The molecule has 0 atom stereocenters. The first-order valence-corrected chi connectivity index (χ1v) is 10.5. The fourth-order valence-corrected chi connectivity index (χ4v) is 4.22. The molecule has 2 aliphatic rings. The molecule has 3 heterocycles. The summed E-state index contributed by atoms with van der Waals surface area (Å²) in [5.74, 6) is 1.29. The second-order valence-electron chi connectivity index (χ2n) is 7.56. The molecule has 0 bridgehead atoms. The van der Waals surface area contributed by atoms with E-state index in [0.717, 1.165) is 62.2 Å². The van der Waals surface area contributed by atoms with Gasteiger partial charge in [0.25, 0.3) is 0 Å². The normalized spacial score (nSPS) is 17.2. The summed E-state index contributed by atoms with van der Waals surface area (Å²) in [6, 6.07) is 12.1. The van der Waals surface area contributed by atoms with Gasteiger partial charge in [0.1, 0.15) is 5.82 Å². The topological polar surface area (TPSA) is 39.7 Å². The molecule has 2 fully saturated rings. The van der Waals surface area contributed by atoms with E-state index >= 15 is 0 Å². The number of amides is 1. The molecule has 2 aromatic rings. The van der Waals surface area contributed by atoms with Crippen LogP contribution in [0.2, 0.25) is 5.02 Å². The minimum atomic E-state index is 0.241. The number of hydrogen-bond acceptors (Lipinski definition) is 4. The van der Waals surface area contributed by atoms with E-state index in [9.17, 15) is 4.79 Å². The number of piperazine rings is 1. The lowest BCUT2D eigenvalue weighted by atomic mass is 10.1. The van der Waals surface area contributed by atoms with Crippen LogP contribution in [0.15, 0.2) is 42.6 Å².